The van der Waals surface area contributed by atoms with Crippen LogP contribution in [-0.2, 0) is 6.54 Å². The van der Waals surface area contributed by atoms with Gasteiger partial charge in [0.15, 0.2) is 0 Å². The Hall–Kier alpha value is -9.11. The van der Waals surface area contributed by atoms with Crippen LogP contribution in [0.1, 0.15) is 237 Å². The lowest BCUT2D eigenvalue weighted by Gasteiger charge is -2.30. The third-order valence-electron chi connectivity index (χ3n) is 13.3. The van der Waals surface area contributed by atoms with Crippen molar-refractivity contribution < 1.29 is 43.2 Å². The predicted octanol–water partition coefficient (Wildman–Crippen LogP) is 15.5. The summed E-state index contributed by atoms with van der Waals surface area (Å²) in [5.41, 5.74) is 11.1. The van der Waals surface area contributed by atoms with Crippen LogP contribution in [-0.4, -0.2) is 103 Å². The van der Waals surface area contributed by atoms with Gasteiger partial charge in [-0.05, 0) is 146 Å². The molecular weight excluding hydrogens is 1100 g/mol. The Bertz CT molecular complexity index is 3410. The molecule has 9 amide bonds. The van der Waals surface area contributed by atoms with E-state index in [9.17, 15) is 43.2 Å². The molecule has 0 atom stereocenters. The van der Waals surface area contributed by atoms with Crippen LogP contribution in [0.25, 0.3) is 21.5 Å². The Kier molecular flexibility index (Phi) is 30.8. The molecule has 15 nitrogen and oxygen atoms in total. The molecule has 0 aromatic heterocycles. The maximum absolute atomic E-state index is 12.4. The van der Waals surface area contributed by atoms with Crippen molar-refractivity contribution in [1.82, 2.24) is 24.9 Å². The number of fused-ring (bicyclic) bond motifs is 4. The van der Waals surface area contributed by atoms with Crippen molar-refractivity contribution in [3.63, 3.8) is 0 Å². The summed E-state index contributed by atoms with van der Waals surface area (Å²) in [6.45, 7) is 39.6. The number of nitrogens with one attached hydrogen (secondary N) is 1. The highest BCUT2D eigenvalue weighted by atomic mass is 16.2. The van der Waals surface area contributed by atoms with Gasteiger partial charge in [-0.2, -0.15) is 0 Å². The van der Waals surface area contributed by atoms with Crippen LogP contribution in [0.4, 0.5) is 0 Å². The summed E-state index contributed by atoms with van der Waals surface area (Å²) in [4.78, 5) is 113. The standard InChI is InChI=1S/2C15H13NO2.C11H14N2O2.C11H11NO2.C11H13NO.5C2H6/c1-9(2)16-14(17)11-7-3-5-10-6-4-8-12(13(10)11)15(16)18;1-9(2)16-14(17)12-7-10-5-3-4-6-11(10)8-13(12)15(16)18;1-7(2)13-11(15)9-6-4-3-5-8(9)10(12)14;1-7(2)12-10(13)8-5-3-4-6-9(8)11(12)14;1-8(2)12-7-9-5-3-4-6-10(9)11(12)13;5*1-2/h2*3-9H,1-2H3;3-7H,1-2H3,(H2,12,14)(H,13,15);3-7H,1-2H3;3-6,8H,7H2,1-2H3;5*1-2H3. The number of hydrogen-bond donors (Lipinski definition) is 2. The van der Waals surface area contributed by atoms with Gasteiger partial charge in [0.05, 0.1) is 33.4 Å². The number of hydrogen-bond acceptors (Lipinski definition) is 9. The van der Waals surface area contributed by atoms with E-state index in [1.54, 1.807) is 54.6 Å². The molecule has 0 unspecified atom stereocenters. The second kappa shape index (κ2) is 36.1. The minimum atomic E-state index is -0.593. The van der Waals surface area contributed by atoms with E-state index in [0.29, 0.717) is 45.0 Å². The quantitative estimate of drug-likeness (QED) is 0.145. The lowest BCUT2D eigenvalue weighted by Crippen LogP contribution is -2.44. The van der Waals surface area contributed by atoms with E-state index < -0.39 is 5.91 Å². The molecule has 88 heavy (non-hydrogen) atoms. The molecule has 470 valence electrons. The van der Waals surface area contributed by atoms with E-state index in [2.05, 4.69) is 5.32 Å². The first-order valence-electron chi connectivity index (χ1n) is 30.9. The monoisotopic (exact) mass is 1200 g/mol. The van der Waals surface area contributed by atoms with Gasteiger partial charge in [0.2, 0.25) is 5.91 Å². The van der Waals surface area contributed by atoms with E-state index >= 15 is 0 Å². The molecular formula is C73H94N6O9. The topological polar surface area (TPSA) is 205 Å². The minimum Gasteiger partial charge on any atom is -0.366 e. The summed E-state index contributed by atoms with van der Waals surface area (Å²) in [6, 6.07) is 43.8. The van der Waals surface area contributed by atoms with Crippen LogP contribution >= 0.6 is 0 Å². The molecule has 7 aromatic carbocycles. The van der Waals surface area contributed by atoms with Crippen LogP contribution in [0.15, 0.2) is 146 Å². The van der Waals surface area contributed by atoms with Gasteiger partial charge in [-0.25, -0.2) is 0 Å². The molecule has 7 aromatic rings. The van der Waals surface area contributed by atoms with Gasteiger partial charge < -0.3 is 16.0 Å². The third kappa shape index (κ3) is 17.5. The molecule has 15 heteroatoms. The number of benzene rings is 7. The molecule has 11 rings (SSSR count). The van der Waals surface area contributed by atoms with Gasteiger partial charge in [-0.15, -0.1) is 0 Å². The largest absolute Gasteiger partial charge is 0.366 e. The third-order valence-corrected chi connectivity index (χ3v) is 13.3. The lowest BCUT2D eigenvalue weighted by atomic mass is 9.93. The molecule has 0 aliphatic carbocycles. The first-order valence-corrected chi connectivity index (χ1v) is 30.9. The smallest absolute Gasteiger partial charge is 0.261 e. The fourth-order valence-electron chi connectivity index (χ4n) is 9.54. The normalized spacial score (nSPS) is 12.8. The summed E-state index contributed by atoms with van der Waals surface area (Å²) in [7, 11) is 0. The van der Waals surface area contributed by atoms with Crippen molar-refractivity contribution >= 4 is 74.7 Å². The molecule has 4 aliphatic rings. The number of carbonyl (C=O) groups excluding carboxylic acids is 9. The zero-order valence-electron chi connectivity index (χ0n) is 55.5. The second-order valence-electron chi connectivity index (χ2n) is 20.4. The van der Waals surface area contributed by atoms with Crippen molar-refractivity contribution in [2.75, 3.05) is 0 Å². The van der Waals surface area contributed by atoms with E-state index in [4.69, 9.17) is 5.73 Å². The number of imide groups is 3. The van der Waals surface area contributed by atoms with Gasteiger partial charge in [-0.3, -0.25) is 57.9 Å². The zero-order valence-corrected chi connectivity index (χ0v) is 55.5. The van der Waals surface area contributed by atoms with Crippen LogP contribution in [0, 0.1) is 0 Å². The fourth-order valence-corrected chi connectivity index (χ4v) is 9.54. The average Bonchev–Trinajstić information content (AvgIpc) is 2.64. The minimum absolute atomic E-state index is 0.0263. The van der Waals surface area contributed by atoms with Gasteiger partial charge in [0.1, 0.15) is 0 Å². The molecule has 0 saturated heterocycles. The van der Waals surface area contributed by atoms with E-state index in [1.165, 1.54) is 20.8 Å². The molecule has 0 saturated carbocycles. The predicted molar refractivity (Wildman–Crippen MR) is 357 cm³/mol. The molecule has 3 N–H and O–H groups in total. The highest BCUT2D eigenvalue weighted by molar-refractivity contribution is 6.26. The maximum atomic E-state index is 12.4. The second-order valence-corrected chi connectivity index (χ2v) is 20.4. The lowest BCUT2D eigenvalue weighted by molar-refractivity contribution is 0.0555. The van der Waals surface area contributed by atoms with Crippen molar-refractivity contribution in [3.05, 3.63) is 201 Å². The first-order chi connectivity index (χ1) is 42.0. The van der Waals surface area contributed by atoms with Gasteiger partial charge in [0, 0.05) is 58.8 Å². The Balaban J connectivity index is 0.000000363. The van der Waals surface area contributed by atoms with Crippen molar-refractivity contribution in [2.45, 2.75) is 175 Å². The van der Waals surface area contributed by atoms with Crippen LogP contribution in [0.2, 0.25) is 0 Å². The molecule has 0 fully saturated rings. The Morgan fingerprint density at radius 2 is 0.682 bits per heavy atom. The Labute approximate surface area is 522 Å². The number of primary amides is 1. The first kappa shape index (κ1) is 75.0. The van der Waals surface area contributed by atoms with E-state index in [1.807, 2.05) is 228 Å². The number of rotatable bonds is 7. The van der Waals surface area contributed by atoms with Gasteiger partial charge in [-0.1, -0.05) is 160 Å². The Morgan fingerprint density at radius 1 is 0.364 bits per heavy atom. The summed E-state index contributed by atoms with van der Waals surface area (Å²) in [5.74, 6) is -1.82. The maximum Gasteiger partial charge on any atom is 0.261 e. The van der Waals surface area contributed by atoms with E-state index in [-0.39, 0.29) is 77.0 Å². The van der Waals surface area contributed by atoms with Crippen LogP contribution in [0.3, 0.4) is 0 Å². The highest BCUT2D eigenvalue weighted by Gasteiger charge is 2.39. The van der Waals surface area contributed by atoms with Crippen molar-refractivity contribution in [3.8, 4) is 0 Å². The van der Waals surface area contributed by atoms with Crippen LogP contribution < -0.4 is 11.1 Å². The molecule has 0 bridgehead atoms. The zero-order chi connectivity index (χ0) is 66.9. The SMILES string of the molecule is CC.CC.CC.CC.CC.CC(C)N1C(=O)c2cc3ccccc3cc2C1=O.CC(C)N1C(=O)c2cccc3cccc(c23)C1=O.CC(C)N1C(=O)c2ccccc2C1=O.CC(C)N1Cc2ccccc2C1=O.CC(C)NC(=O)c1ccccc1C(N)=O. The molecule has 4 heterocycles. The number of carbonyl (C=O) groups is 9. The highest BCUT2D eigenvalue weighted by Crippen LogP contribution is 2.32. The Morgan fingerprint density at radius 3 is 1.05 bits per heavy atom. The summed E-state index contributed by atoms with van der Waals surface area (Å²) < 4.78 is 0. The average molecular weight is 1200 g/mol. The number of nitrogens with zero attached hydrogens (tertiary/aromatic N) is 4. The fraction of sp³-hybridized carbons (Fsp3) is 0.356. The van der Waals surface area contributed by atoms with Gasteiger partial charge >= 0.3 is 0 Å². The number of nitrogens with two attached hydrogens (primary N) is 1. The van der Waals surface area contributed by atoms with Gasteiger partial charge in [0.25, 0.3) is 47.3 Å². The van der Waals surface area contributed by atoms with Crippen LogP contribution in [0.5, 0.6) is 0 Å². The summed E-state index contributed by atoms with van der Waals surface area (Å²) in [5, 5.41) is 6.41. The molecule has 4 aliphatic heterocycles. The summed E-state index contributed by atoms with van der Waals surface area (Å²) in [6.07, 6.45) is 0. The van der Waals surface area contributed by atoms with Crippen molar-refractivity contribution in [2.24, 2.45) is 5.73 Å². The molecule has 0 spiro atoms. The molecule has 0 radical (unpaired) electrons. The van der Waals surface area contributed by atoms with E-state index in [0.717, 1.165) is 39.2 Å². The van der Waals surface area contributed by atoms with Crippen molar-refractivity contribution in [1.29, 1.82) is 0 Å². The number of amides is 9. The summed E-state index contributed by atoms with van der Waals surface area (Å²) >= 11 is 0.